The van der Waals surface area contributed by atoms with Gasteiger partial charge in [-0.1, -0.05) is 0 Å². The number of nitrogens with one attached hydrogen (secondary N) is 1. The van der Waals surface area contributed by atoms with Crippen molar-refractivity contribution in [2.75, 3.05) is 12.4 Å². The number of carbonyl (C=O) groups excluding carboxylic acids is 2. The smallest absolute Gasteiger partial charge is 0.298 e. The van der Waals surface area contributed by atoms with Crippen LogP contribution in [0.1, 0.15) is 26.6 Å². The zero-order chi connectivity index (χ0) is 19.7. The molecule has 7 nitrogen and oxygen atoms in total. The Bertz CT molecular complexity index is 1020. The van der Waals surface area contributed by atoms with Crippen molar-refractivity contribution in [1.29, 1.82) is 0 Å². The fourth-order valence-electron chi connectivity index (χ4n) is 2.84. The molecular weight excluding hydrogens is 364 g/mol. The summed E-state index contributed by atoms with van der Waals surface area (Å²) in [5, 5.41) is 7.19. The first-order valence-corrected chi connectivity index (χ1v) is 9.11. The van der Waals surface area contributed by atoms with Crippen molar-refractivity contribution in [2.45, 2.75) is 20.8 Å². The van der Waals surface area contributed by atoms with Gasteiger partial charge in [0.15, 0.2) is 5.13 Å². The van der Waals surface area contributed by atoms with Crippen LogP contribution in [0, 0.1) is 20.8 Å². The summed E-state index contributed by atoms with van der Waals surface area (Å²) in [5.41, 5.74) is 3.19. The van der Waals surface area contributed by atoms with E-state index in [1.807, 2.05) is 31.2 Å². The minimum Gasteiger partial charge on any atom is -0.497 e. The number of ether oxygens (including phenoxy) is 1. The molecule has 0 fully saturated rings. The molecule has 27 heavy (non-hydrogen) atoms. The van der Waals surface area contributed by atoms with E-state index in [-0.39, 0.29) is 0 Å². The molecule has 2 aromatic heterocycles. The number of ketones is 1. The molecule has 3 aromatic rings. The second-order valence-corrected chi connectivity index (χ2v) is 7.31. The summed E-state index contributed by atoms with van der Waals surface area (Å²) >= 11 is 1.33. The number of Topliss-reactive ketones (excluding diaryl/α,β-unsaturated/α-hetero) is 1. The van der Waals surface area contributed by atoms with E-state index in [2.05, 4.69) is 15.4 Å². The maximum Gasteiger partial charge on any atom is 0.298 e. The van der Waals surface area contributed by atoms with E-state index in [0.29, 0.717) is 22.1 Å². The summed E-state index contributed by atoms with van der Waals surface area (Å²) in [6.07, 6.45) is 0. The number of aryl methyl sites for hydroxylation is 3. The number of thiazole rings is 1. The molecule has 1 N–H and O–H groups in total. The average Bonchev–Trinajstić information content (AvgIpc) is 3.13. The van der Waals surface area contributed by atoms with E-state index >= 15 is 0 Å². The highest BCUT2D eigenvalue weighted by Crippen LogP contribution is 2.31. The minimum absolute atomic E-state index is 0.332. The van der Waals surface area contributed by atoms with E-state index in [0.717, 1.165) is 21.9 Å². The standard InChI is InChI=1S/C19H20N4O3S/c1-10-15(11(2)23(4)22-10)17(24)18(25)21-19-20-16(12(3)27-19)13-6-8-14(26-5)9-7-13/h6-9H,1-5H3,(H,20,21,25). The number of hydrogen-bond donors (Lipinski definition) is 1. The lowest BCUT2D eigenvalue weighted by atomic mass is 10.1. The Hall–Kier alpha value is -3.00. The molecule has 0 radical (unpaired) electrons. The molecular formula is C19H20N4O3S. The first kappa shape index (κ1) is 18.8. The highest BCUT2D eigenvalue weighted by molar-refractivity contribution is 7.16. The van der Waals surface area contributed by atoms with Gasteiger partial charge in [0.05, 0.1) is 24.1 Å². The third-order valence-corrected chi connectivity index (χ3v) is 5.21. The number of rotatable bonds is 5. The van der Waals surface area contributed by atoms with Gasteiger partial charge in [-0.15, -0.1) is 11.3 Å². The molecule has 0 saturated heterocycles. The predicted octanol–water partition coefficient (Wildman–Crippen LogP) is 3.30. The van der Waals surface area contributed by atoms with E-state index in [1.54, 1.807) is 32.7 Å². The average molecular weight is 384 g/mol. The van der Waals surface area contributed by atoms with Crippen molar-refractivity contribution >= 4 is 28.2 Å². The lowest BCUT2D eigenvalue weighted by Crippen LogP contribution is -2.23. The second kappa shape index (κ2) is 7.32. The van der Waals surface area contributed by atoms with Crippen molar-refractivity contribution in [2.24, 2.45) is 7.05 Å². The third-order valence-electron chi connectivity index (χ3n) is 4.32. The Morgan fingerprint density at radius 3 is 2.37 bits per heavy atom. The normalized spacial score (nSPS) is 10.7. The fraction of sp³-hybridized carbons (Fsp3) is 0.263. The molecule has 2 heterocycles. The Morgan fingerprint density at radius 1 is 1.15 bits per heavy atom. The van der Waals surface area contributed by atoms with Crippen LogP contribution in [0.2, 0.25) is 0 Å². The summed E-state index contributed by atoms with van der Waals surface area (Å²) in [4.78, 5) is 30.4. The van der Waals surface area contributed by atoms with Crippen LogP contribution in [-0.2, 0) is 11.8 Å². The predicted molar refractivity (Wildman–Crippen MR) is 104 cm³/mol. The van der Waals surface area contributed by atoms with Gasteiger partial charge in [-0.3, -0.25) is 19.6 Å². The summed E-state index contributed by atoms with van der Waals surface area (Å²) in [7, 11) is 3.35. The molecule has 0 bridgehead atoms. The van der Waals surface area contributed by atoms with E-state index < -0.39 is 11.7 Å². The Balaban J connectivity index is 1.81. The molecule has 1 aromatic carbocycles. The van der Waals surface area contributed by atoms with Crippen LogP contribution >= 0.6 is 11.3 Å². The number of amides is 1. The maximum atomic E-state index is 12.5. The van der Waals surface area contributed by atoms with Crippen molar-refractivity contribution in [3.63, 3.8) is 0 Å². The first-order valence-electron chi connectivity index (χ1n) is 8.29. The van der Waals surface area contributed by atoms with E-state index in [9.17, 15) is 9.59 Å². The third kappa shape index (κ3) is 3.61. The zero-order valence-electron chi connectivity index (χ0n) is 15.8. The number of anilines is 1. The van der Waals surface area contributed by atoms with Crippen LogP contribution in [0.15, 0.2) is 24.3 Å². The van der Waals surface area contributed by atoms with Crippen LogP contribution < -0.4 is 10.1 Å². The minimum atomic E-state index is -0.718. The Kier molecular flexibility index (Phi) is 5.09. The van der Waals surface area contributed by atoms with Gasteiger partial charge in [0.25, 0.3) is 11.7 Å². The molecule has 0 atom stereocenters. The monoisotopic (exact) mass is 384 g/mol. The van der Waals surface area contributed by atoms with Gasteiger partial charge in [0.2, 0.25) is 0 Å². The van der Waals surface area contributed by atoms with Crippen LogP contribution in [0.5, 0.6) is 5.75 Å². The zero-order valence-corrected chi connectivity index (χ0v) is 16.6. The molecule has 0 unspecified atom stereocenters. The lowest BCUT2D eigenvalue weighted by molar-refractivity contribution is -0.112. The SMILES string of the molecule is COc1ccc(-c2nc(NC(=O)C(=O)c3c(C)nn(C)c3C)sc2C)cc1. The molecule has 0 aliphatic rings. The lowest BCUT2D eigenvalue weighted by Gasteiger charge is -2.02. The number of methoxy groups -OCH3 is 1. The number of carbonyl (C=O) groups is 2. The first-order chi connectivity index (χ1) is 12.8. The maximum absolute atomic E-state index is 12.5. The van der Waals surface area contributed by atoms with Gasteiger partial charge in [-0.05, 0) is 45.0 Å². The van der Waals surface area contributed by atoms with E-state index in [1.165, 1.54) is 11.3 Å². The number of nitrogens with zero attached hydrogens (tertiary/aromatic N) is 3. The largest absolute Gasteiger partial charge is 0.497 e. The summed E-state index contributed by atoms with van der Waals surface area (Å²) in [6, 6.07) is 7.51. The molecule has 0 saturated carbocycles. The molecule has 140 valence electrons. The van der Waals surface area contributed by atoms with Crippen LogP contribution in [0.3, 0.4) is 0 Å². The van der Waals surface area contributed by atoms with Gasteiger partial charge < -0.3 is 4.74 Å². The number of benzene rings is 1. The summed E-state index contributed by atoms with van der Waals surface area (Å²) < 4.78 is 6.75. The summed E-state index contributed by atoms with van der Waals surface area (Å²) in [6.45, 7) is 5.39. The van der Waals surface area contributed by atoms with Crippen LogP contribution in [0.4, 0.5) is 5.13 Å². The Morgan fingerprint density at radius 2 is 1.81 bits per heavy atom. The van der Waals surface area contributed by atoms with E-state index in [4.69, 9.17) is 4.74 Å². The van der Waals surface area contributed by atoms with Crippen molar-refractivity contribution < 1.29 is 14.3 Å². The van der Waals surface area contributed by atoms with Gasteiger partial charge in [0.1, 0.15) is 5.75 Å². The van der Waals surface area contributed by atoms with Gasteiger partial charge in [-0.25, -0.2) is 4.98 Å². The number of aromatic nitrogens is 3. The quantitative estimate of drug-likeness (QED) is 0.539. The highest BCUT2D eigenvalue weighted by Gasteiger charge is 2.25. The van der Waals surface area contributed by atoms with Crippen LogP contribution in [0.25, 0.3) is 11.3 Å². The van der Waals surface area contributed by atoms with Gasteiger partial charge in [0, 0.05) is 23.2 Å². The molecule has 3 rings (SSSR count). The summed E-state index contributed by atoms with van der Waals surface area (Å²) in [5.74, 6) is -0.575. The fourth-order valence-corrected chi connectivity index (χ4v) is 3.67. The topological polar surface area (TPSA) is 86.1 Å². The van der Waals surface area contributed by atoms with Crippen molar-refractivity contribution in [3.8, 4) is 17.0 Å². The van der Waals surface area contributed by atoms with Crippen molar-refractivity contribution in [1.82, 2.24) is 14.8 Å². The molecule has 0 spiro atoms. The number of hydrogen-bond acceptors (Lipinski definition) is 6. The highest BCUT2D eigenvalue weighted by atomic mass is 32.1. The Labute approximate surface area is 161 Å². The molecule has 0 aliphatic carbocycles. The van der Waals surface area contributed by atoms with Crippen molar-refractivity contribution in [3.05, 3.63) is 46.1 Å². The van der Waals surface area contributed by atoms with Gasteiger partial charge >= 0.3 is 0 Å². The second-order valence-electron chi connectivity index (χ2n) is 6.10. The molecule has 1 amide bonds. The van der Waals surface area contributed by atoms with Crippen LogP contribution in [-0.4, -0.2) is 33.6 Å². The molecule has 0 aliphatic heterocycles. The molecule has 8 heteroatoms. The van der Waals surface area contributed by atoms with Gasteiger partial charge in [-0.2, -0.15) is 5.10 Å².